The van der Waals surface area contributed by atoms with Gasteiger partial charge < -0.3 is 4.74 Å². The molecule has 0 aromatic heterocycles. The molecular weight excluding hydrogens is 236 g/mol. The first kappa shape index (κ1) is 13.7. The maximum atomic E-state index is 11.6. The molecule has 0 bridgehead atoms. The average Bonchev–Trinajstić information content (AvgIpc) is 2.36. The Morgan fingerprint density at radius 3 is 2.33 bits per heavy atom. The standard InChI is InChI=1S/C12H13N2O4/c1-3-18-12(17)14(10(2)16)13(9-15)11-7-5-4-6-8-11/h4-8H,3H2,1-2H3. The van der Waals surface area contributed by atoms with Crippen molar-refractivity contribution >= 4 is 24.1 Å². The van der Waals surface area contributed by atoms with Crippen molar-refractivity contribution in [3.05, 3.63) is 30.3 Å². The second-order valence-electron chi connectivity index (χ2n) is 3.27. The molecule has 0 atom stereocenters. The van der Waals surface area contributed by atoms with Crippen LogP contribution in [0.5, 0.6) is 0 Å². The molecule has 1 radical (unpaired) electrons. The van der Waals surface area contributed by atoms with Gasteiger partial charge in [-0.25, -0.2) is 9.80 Å². The third-order valence-corrected chi connectivity index (χ3v) is 2.03. The number of ether oxygens (including phenoxy) is 1. The summed E-state index contributed by atoms with van der Waals surface area (Å²) in [6, 6.07) is 8.22. The van der Waals surface area contributed by atoms with Gasteiger partial charge in [-0.2, -0.15) is 0 Å². The van der Waals surface area contributed by atoms with Crippen molar-refractivity contribution in [2.24, 2.45) is 0 Å². The molecule has 1 aromatic carbocycles. The summed E-state index contributed by atoms with van der Waals surface area (Å²) < 4.78 is 4.72. The van der Waals surface area contributed by atoms with Gasteiger partial charge in [0.15, 0.2) is 0 Å². The van der Waals surface area contributed by atoms with Gasteiger partial charge in [-0.15, -0.1) is 5.01 Å². The molecule has 1 aromatic rings. The van der Waals surface area contributed by atoms with E-state index >= 15 is 0 Å². The molecule has 0 saturated heterocycles. The van der Waals surface area contributed by atoms with Crippen molar-refractivity contribution < 1.29 is 19.1 Å². The molecule has 0 aliphatic rings. The van der Waals surface area contributed by atoms with Crippen LogP contribution in [0.4, 0.5) is 10.5 Å². The van der Waals surface area contributed by atoms with Crippen LogP contribution in [0.1, 0.15) is 13.8 Å². The van der Waals surface area contributed by atoms with Gasteiger partial charge in [0.05, 0.1) is 12.3 Å². The number of nitrogens with zero attached hydrogens (tertiary/aromatic N) is 2. The molecule has 1 rings (SSSR count). The summed E-state index contributed by atoms with van der Waals surface area (Å²) in [5.74, 6) is -0.638. The lowest BCUT2D eigenvalue weighted by Crippen LogP contribution is -2.49. The Labute approximate surface area is 105 Å². The van der Waals surface area contributed by atoms with Crippen LogP contribution in [0.2, 0.25) is 0 Å². The first-order valence-corrected chi connectivity index (χ1v) is 5.32. The molecule has 0 saturated carbocycles. The predicted octanol–water partition coefficient (Wildman–Crippen LogP) is 1.48. The van der Waals surface area contributed by atoms with Gasteiger partial charge in [0.2, 0.25) is 5.91 Å². The quantitative estimate of drug-likeness (QED) is 0.598. The molecule has 0 heterocycles. The number of hydrogen-bond acceptors (Lipinski definition) is 4. The molecule has 0 N–H and O–H groups in total. The minimum absolute atomic E-state index is 0.101. The van der Waals surface area contributed by atoms with Crippen molar-refractivity contribution in [2.75, 3.05) is 11.6 Å². The number of hydrogen-bond donors (Lipinski definition) is 0. The fraction of sp³-hybridized carbons (Fsp3) is 0.250. The van der Waals surface area contributed by atoms with E-state index in [0.717, 1.165) is 11.9 Å². The average molecular weight is 249 g/mol. The molecule has 3 amide bonds. The van der Waals surface area contributed by atoms with Gasteiger partial charge in [-0.1, -0.05) is 18.2 Å². The number of carbonyl (C=O) groups excluding carboxylic acids is 3. The van der Waals surface area contributed by atoms with E-state index in [1.807, 2.05) is 0 Å². The zero-order valence-electron chi connectivity index (χ0n) is 10.1. The number of anilines is 1. The van der Waals surface area contributed by atoms with Gasteiger partial charge in [0.25, 0.3) is 0 Å². The fourth-order valence-electron chi connectivity index (χ4n) is 1.31. The lowest BCUT2D eigenvalue weighted by molar-refractivity contribution is -0.127. The second kappa shape index (κ2) is 6.39. The summed E-state index contributed by atoms with van der Waals surface area (Å²) in [5.41, 5.74) is 0.343. The minimum atomic E-state index is -0.919. The second-order valence-corrected chi connectivity index (χ2v) is 3.27. The molecule has 18 heavy (non-hydrogen) atoms. The molecule has 0 aliphatic carbocycles. The van der Waals surface area contributed by atoms with Crippen molar-refractivity contribution in [3.8, 4) is 0 Å². The van der Waals surface area contributed by atoms with Crippen molar-refractivity contribution in [1.82, 2.24) is 5.01 Å². The third kappa shape index (κ3) is 3.07. The lowest BCUT2D eigenvalue weighted by Gasteiger charge is -2.27. The van der Waals surface area contributed by atoms with E-state index in [4.69, 9.17) is 4.74 Å². The number of benzene rings is 1. The topological polar surface area (TPSA) is 66.9 Å². The number of para-hydroxylation sites is 1. The van der Waals surface area contributed by atoms with E-state index < -0.39 is 12.0 Å². The predicted molar refractivity (Wildman–Crippen MR) is 64.2 cm³/mol. The zero-order chi connectivity index (χ0) is 13.5. The van der Waals surface area contributed by atoms with Crippen molar-refractivity contribution in [3.63, 3.8) is 0 Å². The van der Waals surface area contributed by atoms with Crippen LogP contribution >= 0.6 is 0 Å². The van der Waals surface area contributed by atoms with Gasteiger partial charge >= 0.3 is 12.5 Å². The Bertz CT molecular complexity index is 433. The van der Waals surface area contributed by atoms with E-state index in [0.29, 0.717) is 10.7 Å². The maximum absolute atomic E-state index is 11.6. The summed E-state index contributed by atoms with van der Waals surface area (Å²) in [4.78, 5) is 34.0. The van der Waals surface area contributed by atoms with Crippen LogP contribution < -0.4 is 5.01 Å². The van der Waals surface area contributed by atoms with Gasteiger partial charge in [0, 0.05) is 6.92 Å². The van der Waals surface area contributed by atoms with Crippen LogP contribution in [0, 0.1) is 0 Å². The van der Waals surface area contributed by atoms with Gasteiger partial charge in [0.1, 0.15) is 0 Å². The summed E-state index contributed by atoms with van der Waals surface area (Å²) in [6.45, 7) is 2.86. The summed E-state index contributed by atoms with van der Waals surface area (Å²) in [5, 5.41) is 1.37. The number of carbonyl (C=O) groups is 2. The number of rotatable bonds is 4. The molecule has 0 spiro atoms. The van der Waals surface area contributed by atoms with Crippen molar-refractivity contribution in [1.29, 1.82) is 0 Å². The lowest BCUT2D eigenvalue weighted by atomic mass is 10.3. The first-order valence-electron chi connectivity index (χ1n) is 5.32. The van der Waals surface area contributed by atoms with Crippen LogP contribution in [-0.2, 0) is 14.3 Å². The Kier molecular flexibility index (Phi) is 4.86. The van der Waals surface area contributed by atoms with Crippen molar-refractivity contribution in [2.45, 2.75) is 13.8 Å². The fourth-order valence-corrected chi connectivity index (χ4v) is 1.31. The molecule has 95 valence electrons. The smallest absolute Gasteiger partial charge is 0.436 e. The highest BCUT2D eigenvalue weighted by atomic mass is 16.6. The van der Waals surface area contributed by atoms with Crippen LogP contribution in [0.3, 0.4) is 0 Å². The van der Waals surface area contributed by atoms with Crippen LogP contribution in [0.25, 0.3) is 0 Å². The number of hydrazine groups is 1. The maximum Gasteiger partial charge on any atom is 0.436 e. The van der Waals surface area contributed by atoms with E-state index in [2.05, 4.69) is 0 Å². The van der Waals surface area contributed by atoms with Crippen LogP contribution in [0.15, 0.2) is 30.3 Å². The molecule has 0 fully saturated rings. The molecular formula is C12H13N2O4. The zero-order valence-corrected chi connectivity index (χ0v) is 10.1. The highest BCUT2D eigenvalue weighted by molar-refractivity contribution is 5.96. The minimum Gasteiger partial charge on any atom is -0.448 e. The Morgan fingerprint density at radius 1 is 1.28 bits per heavy atom. The number of imide groups is 1. The Hall–Kier alpha value is -2.37. The molecule has 6 nitrogen and oxygen atoms in total. The highest BCUT2D eigenvalue weighted by Gasteiger charge is 2.27. The monoisotopic (exact) mass is 249 g/mol. The van der Waals surface area contributed by atoms with E-state index in [-0.39, 0.29) is 6.61 Å². The highest BCUT2D eigenvalue weighted by Crippen LogP contribution is 2.15. The summed E-state index contributed by atoms with van der Waals surface area (Å²) in [6.07, 6.45) is 0.607. The normalized spacial score (nSPS) is 9.44. The largest absolute Gasteiger partial charge is 0.448 e. The Morgan fingerprint density at radius 2 is 1.89 bits per heavy atom. The Balaban J connectivity index is 3.06. The summed E-state index contributed by atoms with van der Waals surface area (Å²) in [7, 11) is 0. The van der Waals surface area contributed by atoms with Crippen LogP contribution in [-0.4, -0.2) is 30.0 Å². The van der Waals surface area contributed by atoms with E-state index in [1.165, 1.54) is 6.41 Å². The SMILES string of the molecule is CCOC(=O)N(C(C)=O)N([C]=O)c1ccccc1. The summed E-state index contributed by atoms with van der Waals surface area (Å²) >= 11 is 0. The van der Waals surface area contributed by atoms with Gasteiger partial charge in [-0.3, -0.25) is 9.59 Å². The van der Waals surface area contributed by atoms with Gasteiger partial charge in [-0.05, 0) is 19.1 Å². The van der Waals surface area contributed by atoms with E-state index in [1.54, 1.807) is 37.3 Å². The molecule has 0 aliphatic heterocycles. The first-order chi connectivity index (χ1) is 8.61. The third-order valence-electron chi connectivity index (χ3n) is 2.03. The molecule has 0 unspecified atom stereocenters. The molecule has 6 heteroatoms. The number of amides is 3. The van der Waals surface area contributed by atoms with E-state index in [9.17, 15) is 14.4 Å².